The molecule has 1 radical (unpaired) electrons. The van der Waals surface area contributed by atoms with E-state index in [1.54, 1.807) is 0 Å². The molecule has 0 heterocycles. The van der Waals surface area contributed by atoms with Crippen molar-refractivity contribution in [3.63, 3.8) is 0 Å². The fourth-order valence-corrected chi connectivity index (χ4v) is 1.32. The van der Waals surface area contributed by atoms with E-state index in [9.17, 15) is 4.79 Å². The zero-order valence-corrected chi connectivity index (χ0v) is 13.3. The Balaban J connectivity index is 0.000000810. The molecule has 0 spiro atoms. The van der Waals surface area contributed by atoms with Gasteiger partial charge in [-0.15, -0.1) is 0 Å². The van der Waals surface area contributed by atoms with Gasteiger partial charge in [0, 0.05) is 68.9 Å². The number of thiol groups is 1. The van der Waals surface area contributed by atoms with Gasteiger partial charge in [0.2, 0.25) is 0 Å². The van der Waals surface area contributed by atoms with E-state index in [0.717, 1.165) is 18.6 Å². The van der Waals surface area contributed by atoms with Gasteiger partial charge in [-0.05, 0) is 24.0 Å². The first kappa shape index (κ1) is 11.9. The molecule has 1 rings (SSSR count). The van der Waals surface area contributed by atoms with E-state index in [0.29, 0.717) is 6.42 Å². The smallest absolute Gasteiger partial charge is 0.303 e. The van der Waals surface area contributed by atoms with E-state index in [1.165, 1.54) is 0 Å². The average molecular weight is 279 g/mol. The minimum atomic E-state index is -0.693. The van der Waals surface area contributed by atoms with E-state index >= 15 is 0 Å². The molecule has 1 N–H and O–H groups in total. The first-order valence-electron chi connectivity index (χ1n) is 3.01. The van der Waals surface area contributed by atoms with Gasteiger partial charge in [0.25, 0.3) is 0 Å². The number of rotatable bonds is 3. The summed E-state index contributed by atoms with van der Waals surface area (Å²) < 4.78 is 0. The fourth-order valence-electron chi connectivity index (χ4n) is 0.888. The van der Waals surface area contributed by atoms with Crippen LogP contribution in [0.5, 0.6) is 0 Å². The molecule has 0 aliphatic heterocycles. The Kier molecular flexibility index (Phi) is 5.69. The largest absolute Gasteiger partial charge is 0.481 e. The second-order valence-corrected chi connectivity index (χ2v) is 3.04. The number of hydrogen-bond donors (Lipinski definition) is 2. The van der Waals surface area contributed by atoms with Crippen LogP contribution in [0.3, 0.4) is 0 Å². The van der Waals surface area contributed by atoms with Crippen LogP contribution < -0.4 is 0 Å². The molecule has 10 heavy (non-hydrogen) atoms. The van der Waals surface area contributed by atoms with Gasteiger partial charge in [-0.2, -0.15) is 12.6 Å². The van der Waals surface area contributed by atoms with Gasteiger partial charge in [0.15, 0.2) is 0 Å². The molecule has 53 valence electrons. The van der Waals surface area contributed by atoms with Crippen LogP contribution in [0.15, 0.2) is 0 Å². The molecule has 0 aromatic carbocycles. The monoisotopic (exact) mass is 279 g/mol. The van der Waals surface area contributed by atoms with Gasteiger partial charge in [0.05, 0.1) is 6.42 Å². The van der Waals surface area contributed by atoms with Crippen LogP contribution in [0.2, 0.25) is 0 Å². The van der Waals surface area contributed by atoms with E-state index in [2.05, 4.69) is 12.6 Å². The number of carboxylic acids is 1. The van der Waals surface area contributed by atoms with Crippen molar-refractivity contribution in [1.82, 2.24) is 0 Å². The van der Waals surface area contributed by atoms with Crippen LogP contribution in [0.4, 0.5) is 0 Å². The third-order valence-electron chi connectivity index (χ3n) is 1.82. The third kappa shape index (κ3) is 3.51. The predicted octanol–water partition coefficient (Wildman–Crippen LogP) is 0.790. The van der Waals surface area contributed by atoms with Crippen molar-refractivity contribution in [1.29, 1.82) is 0 Å². The molecule has 0 aromatic rings. The van der Waals surface area contributed by atoms with Crippen molar-refractivity contribution in [3.8, 4) is 0 Å². The standard InChI is InChI=1S/C6H10O2S.Cs/c7-5(8)3-6(4-9)1-2-6;/h9H,1-4H2,(H,7,8);. The van der Waals surface area contributed by atoms with Crippen LogP contribution in [0.25, 0.3) is 0 Å². The summed E-state index contributed by atoms with van der Waals surface area (Å²) in [5, 5.41) is 8.39. The first-order chi connectivity index (χ1) is 4.18. The zero-order valence-electron chi connectivity index (χ0n) is 6.13. The quantitative estimate of drug-likeness (QED) is 0.750. The molecule has 1 fully saturated rings. The molecule has 0 aromatic heterocycles. The van der Waals surface area contributed by atoms with Crippen LogP contribution in [0, 0.1) is 5.41 Å². The summed E-state index contributed by atoms with van der Waals surface area (Å²) in [5.74, 6) is 0.0285. The summed E-state index contributed by atoms with van der Waals surface area (Å²) in [6.45, 7) is 0. The summed E-state index contributed by atoms with van der Waals surface area (Å²) in [7, 11) is 0. The average Bonchev–Trinajstić information content (AvgIpc) is 2.48. The maximum atomic E-state index is 10.2. The van der Waals surface area contributed by atoms with Gasteiger partial charge < -0.3 is 5.11 Å². The number of carboxylic acid groups (broad SMARTS) is 1. The molecule has 0 bridgehead atoms. The minimum absolute atomic E-state index is 0. The SMILES string of the molecule is O=C(O)CC1(CS)CC1.[Cs]. The second kappa shape index (κ2) is 4.79. The summed E-state index contributed by atoms with van der Waals surface area (Å²) >= 11 is 4.07. The molecule has 0 amide bonds. The van der Waals surface area contributed by atoms with Crippen molar-refractivity contribution in [2.45, 2.75) is 19.3 Å². The minimum Gasteiger partial charge on any atom is -0.481 e. The van der Waals surface area contributed by atoms with Crippen LogP contribution in [-0.4, -0.2) is 85.7 Å². The van der Waals surface area contributed by atoms with Gasteiger partial charge in [-0.25, -0.2) is 0 Å². The molecule has 0 saturated heterocycles. The van der Waals surface area contributed by atoms with Crippen molar-refractivity contribution in [2.24, 2.45) is 5.41 Å². The van der Waals surface area contributed by atoms with Gasteiger partial charge >= 0.3 is 5.97 Å². The van der Waals surface area contributed by atoms with Crippen molar-refractivity contribution in [2.75, 3.05) is 5.75 Å². The summed E-state index contributed by atoms with van der Waals surface area (Å²) in [5.41, 5.74) is 0.0783. The van der Waals surface area contributed by atoms with Gasteiger partial charge in [-0.1, -0.05) is 0 Å². The molecule has 0 atom stereocenters. The maximum Gasteiger partial charge on any atom is 0.303 e. The fraction of sp³-hybridized carbons (Fsp3) is 0.833. The zero-order chi connectivity index (χ0) is 6.91. The topological polar surface area (TPSA) is 37.3 Å². The Bertz CT molecular complexity index is 134. The van der Waals surface area contributed by atoms with Gasteiger partial charge in [-0.3, -0.25) is 4.79 Å². The summed E-state index contributed by atoms with van der Waals surface area (Å²) in [4.78, 5) is 10.2. The van der Waals surface area contributed by atoms with Crippen molar-refractivity contribution in [3.05, 3.63) is 0 Å². The molecule has 2 nitrogen and oxygen atoms in total. The van der Waals surface area contributed by atoms with Crippen molar-refractivity contribution >= 4 is 87.5 Å². The molecular formula is C6H10CsO2S. The first-order valence-corrected chi connectivity index (χ1v) is 3.64. The Morgan fingerprint density at radius 3 is 2.20 bits per heavy atom. The number of carbonyl (C=O) groups is 1. The van der Waals surface area contributed by atoms with Crippen LogP contribution >= 0.6 is 12.6 Å². The Hall–Kier alpha value is 1.87. The van der Waals surface area contributed by atoms with Gasteiger partial charge in [0.1, 0.15) is 0 Å². The second-order valence-electron chi connectivity index (χ2n) is 2.73. The van der Waals surface area contributed by atoms with E-state index in [1.807, 2.05) is 0 Å². The van der Waals surface area contributed by atoms with Crippen LogP contribution in [-0.2, 0) is 4.79 Å². The molecule has 1 aliphatic carbocycles. The molecule has 1 aliphatic rings. The van der Waals surface area contributed by atoms with E-state index in [4.69, 9.17) is 5.11 Å². The summed E-state index contributed by atoms with van der Waals surface area (Å²) in [6, 6.07) is 0. The van der Waals surface area contributed by atoms with Crippen LogP contribution in [0.1, 0.15) is 19.3 Å². The maximum absolute atomic E-state index is 10.2. The third-order valence-corrected chi connectivity index (χ3v) is 2.49. The normalized spacial score (nSPS) is 19.3. The number of aliphatic carboxylic acids is 1. The Morgan fingerprint density at radius 2 is 2.10 bits per heavy atom. The molecule has 4 heteroatoms. The number of hydrogen-bond acceptors (Lipinski definition) is 2. The molecule has 0 unspecified atom stereocenters. The summed E-state index contributed by atoms with van der Waals surface area (Å²) in [6.07, 6.45) is 2.39. The molecule has 1 saturated carbocycles. The predicted molar refractivity (Wildman–Crippen MR) is 43.5 cm³/mol. The Labute approximate surface area is 125 Å². The molecular weight excluding hydrogens is 269 g/mol. The Morgan fingerprint density at radius 1 is 1.60 bits per heavy atom. The van der Waals surface area contributed by atoms with E-state index in [-0.39, 0.29) is 74.3 Å². The van der Waals surface area contributed by atoms with Crippen molar-refractivity contribution < 1.29 is 9.90 Å². The van der Waals surface area contributed by atoms with E-state index < -0.39 is 5.97 Å².